The maximum atomic E-state index is 13.1. The first-order valence-corrected chi connectivity index (χ1v) is 9.12. The lowest BCUT2D eigenvalue weighted by atomic mass is 10.1. The number of imidazole rings is 1. The Labute approximate surface area is 157 Å². The molecule has 3 aromatic rings. The van der Waals surface area contributed by atoms with Gasteiger partial charge in [0.25, 0.3) is 5.91 Å². The molecule has 0 spiro atoms. The molecule has 7 N–H and O–H groups in total. The summed E-state index contributed by atoms with van der Waals surface area (Å²) in [6, 6.07) is 12.3. The summed E-state index contributed by atoms with van der Waals surface area (Å²) in [5.74, 6) is -0.110. The Bertz CT molecular complexity index is 935. The molecule has 142 valence electrons. The normalized spacial score (nSPS) is 12.3. The minimum Gasteiger partial charge on any atom is -0.358 e. The third kappa shape index (κ3) is 4.32. The monoisotopic (exact) mass is 371 g/mol. The number of nitrogens with one attached hydrogen (secondary N) is 1. The number of hydrogen-bond donors (Lipinski definition) is 3. The lowest BCUT2D eigenvalue weighted by molar-refractivity contribution is -0.423. The third-order valence-corrected chi connectivity index (χ3v) is 4.68. The van der Waals surface area contributed by atoms with Gasteiger partial charge in [-0.15, -0.1) is 0 Å². The molecule has 0 saturated heterocycles. The molecule has 0 saturated carbocycles. The second-order valence-electron chi connectivity index (χ2n) is 6.78. The van der Waals surface area contributed by atoms with Gasteiger partial charge in [-0.3, -0.25) is 4.79 Å². The predicted molar refractivity (Wildman–Crippen MR) is 102 cm³/mol. The lowest BCUT2D eigenvalue weighted by Gasteiger charge is -2.09. The molecule has 1 aromatic heterocycles. The summed E-state index contributed by atoms with van der Waals surface area (Å²) in [5.41, 5.74) is 11.3. The number of nitrogens with zero attached hydrogens (tertiary/aromatic N) is 2. The van der Waals surface area contributed by atoms with E-state index >= 15 is 0 Å². The van der Waals surface area contributed by atoms with E-state index in [-0.39, 0.29) is 17.8 Å². The molecule has 0 radical (unpaired) electrons. The average Bonchev–Trinajstić information content (AvgIpc) is 3.01. The van der Waals surface area contributed by atoms with Crippen LogP contribution in [0.25, 0.3) is 22.2 Å². The number of amides is 1. The van der Waals surface area contributed by atoms with Crippen molar-refractivity contribution in [1.29, 1.82) is 0 Å². The van der Waals surface area contributed by atoms with Gasteiger partial charge in [0, 0.05) is 19.9 Å². The summed E-state index contributed by atoms with van der Waals surface area (Å²) in [7, 11) is 1.83. The molecule has 27 heavy (non-hydrogen) atoms. The molecule has 0 aliphatic heterocycles. The Morgan fingerprint density at radius 2 is 1.93 bits per heavy atom. The summed E-state index contributed by atoms with van der Waals surface area (Å²) in [4.78, 5) is 17.0. The molecular formula is C20H26FN5O+2. The van der Waals surface area contributed by atoms with E-state index in [1.807, 2.05) is 25.2 Å². The SMILES string of the molecule is Cn1c(C(=O)NC[C@H]([NH3+])CCC[NH3+])nc2cc(-c3ccc(F)cc3)ccc21. The molecular weight excluding hydrogens is 345 g/mol. The number of fused-ring (bicyclic) bond motifs is 1. The van der Waals surface area contributed by atoms with E-state index in [4.69, 9.17) is 0 Å². The van der Waals surface area contributed by atoms with Crippen molar-refractivity contribution in [3.63, 3.8) is 0 Å². The first kappa shape index (κ1) is 19.0. The highest BCUT2D eigenvalue weighted by Crippen LogP contribution is 2.24. The van der Waals surface area contributed by atoms with E-state index in [9.17, 15) is 9.18 Å². The fourth-order valence-electron chi connectivity index (χ4n) is 3.08. The van der Waals surface area contributed by atoms with Crippen molar-refractivity contribution >= 4 is 16.9 Å². The largest absolute Gasteiger partial charge is 0.358 e. The lowest BCUT2D eigenvalue weighted by Crippen LogP contribution is -2.65. The first-order valence-electron chi connectivity index (χ1n) is 9.12. The van der Waals surface area contributed by atoms with Crippen molar-refractivity contribution in [2.24, 2.45) is 7.05 Å². The van der Waals surface area contributed by atoms with Crippen molar-refractivity contribution in [3.8, 4) is 11.1 Å². The summed E-state index contributed by atoms with van der Waals surface area (Å²) in [6.07, 6.45) is 1.94. The predicted octanol–water partition coefficient (Wildman–Crippen LogP) is 0.742. The van der Waals surface area contributed by atoms with E-state index in [0.717, 1.165) is 41.5 Å². The fourth-order valence-corrected chi connectivity index (χ4v) is 3.08. The number of aryl methyl sites for hydroxylation is 1. The molecule has 0 aliphatic rings. The summed E-state index contributed by atoms with van der Waals surface area (Å²) in [6.45, 7) is 1.39. The van der Waals surface area contributed by atoms with E-state index in [1.165, 1.54) is 12.1 Å². The van der Waals surface area contributed by atoms with Crippen LogP contribution in [0.5, 0.6) is 0 Å². The molecule has 7 heteroatoms. The quantitative estimate of drug-likeness (QED) is 0.570. The Morgan fingerprint density at radius 1 is 1.22 bits per heavy atom. The topological polar surface area (TPSA) is 102 Å². The van der Waals surface area contributed by atoms with Gasteiger partial charge in [-0.05, 0) is 35.4 Å². The van der Waals surface area contributed by atoms with Crippen molar-refractivity contribution in [2.45, 2.75) is 18.9 Å². The van der Waals surface area contributed by atoms with E-state index in [1.54, 1.807) is 16.7 Å². The summed E-state index contributed by atoms with van der Waals surface area (Å²) < 4.78 is 14.9. The molecule has 0 unspecified atom stereocenters. The van der Waals surface area contributed by atoms with E-state index in [2.05, 4.69) is 21.8 Å². The van der Waals surface area contributed by atoms with Gasteiger partial charge in [-0.2, -0.15) is 0 Å². The number of rotatable bonds is 7. The van der Waals surface area contributed by atoms with Crippen LogP contribution in [0, 0.1) is 5.82 Å². The van der Waals surface area contributed by atoms with Crippen LogP contribution in [0.4, 0.5) is 4.39 Å². The number of quaternary nitrogens is 2. The Kier molecular flexibility index (Phi) is 5.83. The van der Waals surface area contributed by atoms with Crippen LogP contribution in [0.15, 0.2) is 42.5 Å². The molecule has 1 atom stereocenters. The number of aromatic nitrogens is 2. The minimum absolute atomic E-state index is 0.162. The van der Waals surface area contributed by atoms with Crippen LogP contribution in [-0.4, -0.2) is 34.6 Å². The summed E-state index contributed by atoms with van der Waals surface area (Å²) >= 11 is 0. The number of carbonyl (C=O) groups is 1. The zero-order valence-corrected chi connectivity index (χ0v) is 15.5. The van der Waals surface area contributed by atoms with Gasteiger partial charge in [0.1, 0.15) is 11.9 Å². The maximum Gasteiger partial charge on any atom is 0.287 e. The average molecular weight is 371 g/mol. The second-order valence-corrected chi connectivity index (χ2v) is 6.78. The molecule has 0 bridgehead atoms. The van der Waals surface area contributed by atoms with Crippen LogP contribution in [0.3, 0.4) is 0 Å². The molecule has 2 aromatic carbocycles. The van der Waals surface area contributed by atoms with Crippen molar-refractivity contribution < 1.29 is 20.7 Å². The van der Waals surface area contributed by atoms with Crippen LogP contribution in [0.1, 0.15) is 23.5 Å². The summed E-state index contributed by atoms with van der Waals surface area (Å²) in [5, 5.41) is 2.92. The van der Waals surface area contributed by atoms with Crippen LogP contribution in [0.2, 0.25) is 0 Å². The van der Waals surface area contributed by atoms with Crippen molar-refractivity contribution in [3.05, 3.63) is 54.1 Å². The number of halogens is 1. The Morgan fingerprint density at radius 3 is 2.63 bits per heavy atom. The fraction of sp³-hybridized carbons (Fsp3) is 0.300. The van der Waals surface area contributed by atoms with Crippen LogP contribution in [-0.2, 0) is 7.05 Å². The van der Waals surface area contributed by atoms with Gasteiger partial charge < -0.3 is 21.4 Å². The standard InChI is InChI=1S/C20H24FN5O/c1-26-18-9-6-14(13-4-7-15(21)8-5-13)11-17(18)25-19(26)20(27)24-12-16(23)3-2-10-22/h4-9,11,16H,2-3,10,12,22-23H2,1H3,(H,24,27)/p+2/t16-/m1/s1. The Hall–Kier alpha value is -2.77. The number of carbonyl (C=O) groups excluding carboxylic acids is 1. The molecule has 3 rings (SSSR count). The highest BCUT2D eigenvalue weighted by molar-refractivity contribution is 5.95. The minimum atomic E-state index is -0.268. The zero-order chi connectivity index (χ0) is 19.4. The zero-order valence-electron chi connectivity index (χ0n) is 15.5. The third-order valence-electron chi connectivity index (χ3n) is 4.68. The highest BCUT2D eigenvalue weighted by atomic mass is 19.1. The first-order chi connectivity index (χ1) is 13.0. The van der Waals surface area contributed by atoms with E-state index < -0.39 is 0 Å². The smallest absolute Gasteiger partial charge is 0.287 e. The van der Waals surface area contributed by atoms with E-state index in [0.29, 0.717) is 12.4 Å². The van der Waals surface area contributed by atoms with Gasteiger partial charge in [-0.25, -0.2) is 9.37 Å². The number of hydrogen-bond acceptors (Lipinski definition) is 2. The van der Waals surface area contributed by atoms with Gasteiger partial charge in [0.15, 0.2) is 5.82 Å². The van der Waals surface area contributed by atoms with Crippen LogP contribution >= 0.6 is 0 Å². The van der Waals surface area contributed by atoms with Gasteiger partial charge in [0.2, 0.25) is 0 Å². The number of benzene rings is 2. The molecule has 1 heterocycles. The molecule has 0 fully saturated rings. The Balaban J connectivity index is 1.79. The maximum absolute atomic E-state index is 13.1. The molecule has 1 amide bonds. The molecule has 0 aliphatic carbocycles. The van der Waals surface area contributed by atoms with Crippen molar-refractivity contribution in [2.75, 3.05) is 13.1 Å². The van der Waals surface area contributed by atoms with Crippen molar-refractivity contribution in [1.82, 2.24) is 14.9 Å². The van der Waals surface area contributed by atoms with Gasteiger partial charge >= 0.3 is 0 Å². The van der Waals surface area contributed by atoms with Gasteiger partial charge in [-0.1, -0.05) is 18.2 Å². The second kappa shape index (κ2) is 8.28. The highest BCUT2D eigenvalue weighted by Gasteiger charge is 2.17. The van der Waals surface area contributed by atoms with Gasteiger partial charge in [0.05, 0.1) is 24.1 Å². The molecule has 6 nitrogen and oxygen atoms in total. The van der Waals surface area contributed by atoms with Crippen LogP contribution < -0.4 is 16.8 Å².